The van der Waals surface area contributed by atoms with E-state index in [1.54, 1.807) is 0 Å². The number of aromatic nitrogens is 2. The molecule has 12 heteroatoms. The largest absolute Gasteiger partial charge is 0.470 e. The Morgan fingerprint density at radius 1 is 1.34 bits per heavy atom. The predicted octanol–water partition coefficient (Wildman–Crippen LogP) is 3.01. The Bertz CT molecular complexity index is 958. The second kappa shape index (κ2) is 8.19. The topological polar surface area (TPSA) is 90.4 Å². The van der Waals surface area contributed by atoms with Crippen LogP contribution in [0, 0.1) is 0 Å². The highest BCUT2D eigenvalue weighted by atomic mass is 35.5. The van der Waals surface area contributed by atoms with E-state index in [0.717, 1.165) is 6.20 Å². The van der Waals surface area contributed by atoms with Crippen molar-refractivity contribution in [1.82, 2.24) is 15.3 Å². The number of hydrogen-bond donors (Lipinski definition) is 1. The molecule has 154 valence electrons. The second-order valence-corrected chi connectivity index (χ2v) is 6.33. The number of hydrogen-bond acceptors (Lipinski definition) is 6. The molecule has 2 aromatic heterocycles. The van der Waals surface area contributed by atoms with E-state index >= 15 is 0 Å². The van der Waals surface area contributed by atoms with Crippen molar-refractivity contribution in [3.63, 3.8) is 0 Å². The number of esters is 1. The first kappa shape index (κ1) is 20.8. The molecule has 0 aliphatic carbocycles. The molecule has 0 unspecified atom stereocenters. The number of ether oxygens (including phenoxy) is 2. The van der Waals surface area contributed by atoms with Gasteiger partial charge in [-0.3, -0.25) is 4.79 Å². The van der Waals surface area contributed by atoms with Crippen LogP contribution in [0.3, 0.4) is 0 Å². The van der Waals surface area contributed by atoms with Crippen molar-refractivity contribution < 1.29 is 36.6 Å². The number of halogens is 5. The van der Waals surface area contributed by atoms with Crippen molar-refractivity contribution >= 4 is 23.5 Å². The van der Waals surface area contributed by atoms with Gasteiger partial charge in [0.2, 0.25) is 5.88 Å². The van der Waals surface area contributed by atoms with Gasteiger partial charge < -0.3 is 14.8 Å². The zero-order valence-corrected chi connectivity index (χ0v) is 15.2. The molecule has 29 heavy (non-hydrogen) atoms. The summed E-state index contributed by atoms with van der Waals surface area (Å²) in [4.78, 5) is 31.5. The maximum absolute atomic E-state index is 12.9. The summed E-state index contributed by atoms with van der Waals surface area (Å²) < 4.78 is 59.7. The average Bonchev–Trinajstić information content (AvgIpc) is 3.06. The molecule has 2 aromatic rings. The van der Waals surface area contributed by atoms with Gasteiger partial charge in [0.25, 0.3) is 5.91 Å². The maximum atomic E-state index is 12.9. The summed E-state index contributed by atoms with van der Waals surface area (Å²) in [7, 11) is 0. The molecular weight excluding hydrogens is 422 g/mol. The SMILES string of the molecule is O=C1NCc2c1ccnc2C(=O)OCc1cnc(OCC(F)(F)C(F)F)c(Cl)c1. The molecular formula is C17H12ClF4N3O4. The lowest BCUT2D eigenvalue weighted by Crippen LogP contribution is -2.34. The number of amides is 1. The lowest BCUT2D eigenvalue weighted by molar-refractivity contribution is -0.148. The highest BCUT2D eigenvalue weighted by Gasteiger charge is 2.42. The first-order chi connectivity index (χ1) is 13.7. The molecule has 0 saturated heterocycles. The summed E-state index contributed by atoms with van der Waals surface area (Å²) in [6.45, 7) is -1.73. The van der Waals surface area contributed by atoms with Crippen molar-refractivity contribution in [3.8, 4) is 5.88 Å². The first-order valence-electron chi connectivity index (χ1n) is 8.05. The van der Waals surface area contributed by atoms with Crippen molar-refractivity contribution in [3.05, 3.63) is 51.9 Å². The fourth-order valence-corrected chi connectivity index (χ4v) is 2.66. The van der Waals surface area contributed by atoms with Crippen molar-refractivity contribution in [2.75, 3.05) is 6.61 Å². The fraction of sp³-hybridized carbons (Fsp3) is 0.294. The van der Waals surface area contributed by atoms with Gasteiger partial charge in [0.15, 0.2) is 12.3 Å². The summed E-state index contributed by atoms with van der Waals surface area (Å²) in [5, 5.41) is 2.34. The number of nitrogens with one attached hydrogen (secondary N) is 1. The lowest BCUT2D eigenvalue weighted by Gasteiger charge is -2.16. The van der Waals surface area contributed by atoms with E-state index in [9.17, 15) is 27.2 Å². The Kier molecular flexibility index (Phi) is 5.87. The normalized spacial score (nSPS) is 13.2. The lowest BCUT2D eigenvalue weighted by atomic mass is 10.1. The number of carbonyl (C=O) groups is 2. The Hall–Kier alpha value is -2.95. The molecule has 1 aliphatic heterocycles. The Labute approximate surface area is 166 Å². The fourth-order valence-electron chi connectivity index (χ4n) is 2.42. The quantitative estimate of drug-likeness (QED) is 0.533. The van der Waals surface area contributed by atoms with Gasteiger partial charge in [0.05, 0.1) is 0 Å². The minimum atomic E-state index is -4.35. The molecule has 7 nitrogen and oxygen atoms in total. The molecule has 0 atom stereocenters. The minimum absolute atomic E-state index is 0.0194. The summed E-state index contributed by atoms with van der Waals surface area (Å²) >= 11 is 5.84. The van der Waals surface area contributed by atoms with E-state index < -0.39 is 30.8 Å². The molecule has 0 fully saturated rings. The summed E-state index contributed by atoms with van der Waals surface area (Å²) in [5.74, 6) is -5.92. The highest BCUT2D eigenvalue weighted by Crippen LogP contribution is 2.28. The van der Waals surface area contributed by atoms with Gasteiger partial charge in [0.1, 0.15) is 11.6 Å². The monoisotopic (exact) mass is 433 g/mol. The van der Waals surface area contributed by atoms with Crippen molar-refractivity contribution in [1.29, 1.82) is 0 Å². The standard InChI is InChI=1S/C17H12ClF4N3O4/c18-11-3-8(4-25-14(11)29-7-17(21,22)16(19)20)6-28-15(27)12-10-5-24-13(26)9(10)1-2-23-12/h1-4,16H,5-7H2,(H,24,26). The number of alkyl halides is 4. The third kappa shape index (κ3) is 4.56. The van der Waals surface area contributed by atoms with Gasteiger partial charge in [-0.1, -0.05) is 11.6 Å². The zero-order valence-electron chi connectivity index (χ0n) is 14.4. The second-order valence-electron chi connectivity index (χ2n) is 5.93. The summed E-state index contributed by atoms with van der Waals surface area (Å²) in [6.07, 6.45) is -1.46. The van der Waals surface area contributed by atoms with Crippen LogP contribution < -0.4 is 10.1 Å². The Morgan fingerprint density at radius 2 is 2.10 bits per heavy atom. The molecule has 3 heterocycles. The molecule has 0 aromatic carbocycles. The summed E-state index contributed by atoms with van der Waals surface area (Å²) in [6, 6.07) is 2.71. The minimum Gasteiger partial charge on any atom is -0.470 e. The number of fused-ring (bicyclic) bond motifs is 1. The van der Waals surface area contributed by atoms with Gasteiger partial charge in [-0.2, -0.15) is 8.78 Å². The van der Waals surface area contributed by atoms with E-state index in [4.69, 9.17) is 16.3 Å². The van der Waals surface area contributed by atoms with Gasteiger partial charge in [-0.15, -0.1) is 0 Å². The van der Waals surface area contributed by atoms with E-state index in [-0.39, 0.29) is 35.3 Å². The number of pyridine rings is 2. The van der Waals surface area contributed by atoms with Gasteiger partial charge in [0, 0.05) is 35.6 Å². The maximum Gasteiger partial charge on any atom is 0.357 e. The molecule has 0 saturated carbocycles. The number of rotatable bonds is 7. The molecule has 0 bridgehead atoms. The van der Waals surface area contributed by atoms with Crippen LogP contribution >= 0.6 is 11.6 Å². The van der Waals surface area contributed by atoms with E-state index in [0.29, 0.717) is 11.1 Å². The smallest absolute Gasteiger partial charge is 0.357 e. The predicted molar refractivity (Wildman–Crippen MR) is 90.2 cm³/mol. The Morgan fingerprint density at radius 3 is 2.79 bits per heavy atom. The molecule has 0 spiro atoms. The molecule has 1 amide bonds. The van der Waals surface area contributed by atoms with Crippen LogP contribution in [0.4, 0.5) is 17.6 Å². The van der Waals surface area contributed by atoms with Crippen LogP contribution in [0.25, 0.3) is 0 Å². The Balaban J connectivity index is 1.63. The van der Waals surface area contributed by atoms with Crippen LogP contribution in [0.1, 0.15) is 32.0 Å². The number of nitrogens with zero attached hydrogens (tertiary/aromatic N) is 2. The van der Waals surface area contributed by atoms with E-state index in [1.165, 1.54) is 18.3 Å². The van der Waals surface area contributed by atoms with E-state index in [2.05, 4.69) is 20.0 Å². The van der Waals surface area contributed by atoms with E-state index in [1.807, 2.05) is 0 Å². The number of carbonyl (C=O) groups excluding carboxylic acids is 2. The van der Waals surface area contributed by atoms with Crippen molar-refractivity contribution in [2.24, 2.45) is 0 Å². The van der Waals surface area contributed by atoms with Crippen LogP contribution in [0.2, 0.25) is 5.02 Å². The molecule has 3 rings (SSSR count). The molecule has 1 N–H and O–H groups in total. The molecule has 0 radical (unpaired) electrons. The van der Waals surface area contributed by atoms with Gasteiger partial charge in [-0.05, 0) is 12.1 Å². The molecule has 1 aliphatic rings. The van der Waals surface area contributed by atoms with Gasteiger partial charge in [-0.25, -0.2) is 23.5 Å². The average molecular weight is 434 g/mol. The highest BCUT2D eigenvalue weighted by molar-refractivity contribution is 6.31. The third-order valence-corrected chi connectivity index (χ3v) is 4.14. The first-order valence-corrected chi connectivity index (χ1v) is 8.43. The van der Waals surface area contributed by atoms with Gasteiger partial charge >= 0.3 is 18.3 Å². The third-order valence-electron chi connectivity index (χ3n) is 3.87. The van der Waals surface area contributed by atoms with Crippen LogP contribution in [0.15, 0.2) is 24.5 Å². The van der Waals surface area contributed by atoms with Crippen LogP contribution in [-0.4, -0.2) is 40.8 Å². The van der Waals surface area contributed by atoms with Crippen molar-refractivity contribution in [2.45, 2.75) is 25.5 Å². The van der Waals surface area contributed by atoms with Crippen LogP contribution in [0.5, 0.6) is 5.88 Å². The van der Waals surface area contributed by atoms with Crippen LogP contribution in [-0.2, 0) is 17.9 Å². The zero-order chi connectivity index (χ0) is 21.2. The summed E-state index contributed by atoms with van der Waals surface area (Å²) in [5.41, 5.74) is 1.02.